The Bertz CT molecular complexity index is 751. The number of thioether (sulfide) groups is 1. The zero-order valence-electron chi connectivity index (χ0n) is 19.8. The SMILES string of the molecule is CSCC[C@@H]1NC(=O)C[C@H]2/C=C/CCSSCC(NC1=O)C(=O)N[C@H](C(C)C)[C@H](O)CC(=O)O2. The van der Waals surface area contributed by atoms with Gasteiger partial charge in [-0.1, -0.05) is 41.5 Å². The molecule has 0 aliphatic carbocycles. The summed E-state index contributed by atoms with van der Waals surface area (Å²) in [6.45, 7) is 3.66. The van der Waals surface area contributed by atoms with E-state index in [4.69, 9.17) is 4.74 Å². The average molecular weight is 534 g/mol. The summed E-state index contributed by atoms with van der Waals surface area (Å²) >= 11 is 1.55. The van der Waals surface area contributed by atoms with Crippen LogP contribution in [0.25, 0.3) is 0 Å². The number of esters is 1. The smallest absolute Gasteiger partial charge is 0.309 e. The molecule has 2 aliphatic heterocycles. The number of ether oxygens (including phenoxy) is 1. The lowest BCUT2D eigenvalue weighted by Crippen LogP contribution is -2.58. The van der Waals surface area contributed by atoms with Crippen LogP contribution in [0.2, 0.25) is 0 Å². The number of nitrogens with one attached hydrogen (secondary N) is 3. The van der Waals surface area contributed by atoms with Gasteiger partial charge in [0, 0.05) is 11.5 Å². The molecule has 3 amide bonds. The molecule has 1 unspecified atom stereocenters. The Morgan fingerprint density at radius 3 is 2.59 bits per heavy atom. The van der Waals surface area contributed by atoms with Crippen LogP contribution in [0.15, 0.2) is 12.2 Å². The zero-order valence-corrected chi connectivity index (χ0v) is 22.2. The molecule has 192 valence electrons. The predicted molar refractivity (Wildman–Crippen MR) is 137 cm³/mol. The quantitative estimate of drug-likeness (QED) is 0.239. The van der Waals surface area contributed by atoms with E-state index in [9.17, 15) is 24.3 Å². The molecule has 2 heterocycles. The van der Waals surface area contributed by atoms with Crippen molar-refractivity contribution in [3.63, 3.8) is 0 Å². The molecule has 9 nitrogen and oxygen atoms in total. The zero-order chi connectivity index (χ0) is 25.1. The van der Waals surface area contributed by atoms with Gasteiger partial charge in [-0.05, 0) is 36.8 Å². The van der Waals surface area contributed by atoms with E-state index in [0.717, 1.165) is 5.75 Å². The third-order valence-electron chi connectivity index (χ3n) is 5.42. The van der Waals surface area contributed by atoms with Crippen LogP contribution in [0.3, 0.4) is 0 Å². The van der Waals surface area contributed by atoms with Crippen LogP contribution < -0.4 is 16.0 Å². The van der Waals surface area contributed by atoms with Gasteiger partial charge in [-0.15, -0.1) is 0 Å². The van der Waals surface area contributed by atoms with Crippen LogP contribution in [0.5, 0.6) is 0 Å². The van der Waals surface area contributed by atoms with Crippen molar-refractivity contribution in [2.45, 2.75) is 69.9 Å². The van der Waals surface area contributed by atoms with Gasteiger partial charge in [-0.3, -0.25) is 19.2 Å². The molecule has 2 aliphatic rings. The standard InChI is InChI=1S/C22H35N3O6S3/c1-13(2)20-17(26)11-19(28)31-14-6-4-5-8-33-34-12-16(22(30)25-20)24-21(29)15(7-9-32-3)23-18(27)10-14/h4,6,13-17,20,26H,5,7-12H2,1-3H3,(H,23,27)(H,24,29)(H,25,30)/b6-4+/t14-,15+,16?,17-,20-/m1/s1. The number of hydrogen-bond donors (Lipinski definition) is 4. The van der Waals surface area contributed by atoms with Crippen molar-refractivity contribution in [1.29, 1.82) is 0 Å². The highest BCUT2D eigenvalue weighted by Crippen LogP contribution is 2.24. The number of fused-ring (bicyclic) bond motifs is 7. The first kappa shape index (κ1) is 28.9. The number of allylic oxidation sites excluding steroid dienone is 1. The Morgan fingerprint density at radius 1 is 1.12 bits per heavy atom. The molecule has 2 rings (SSSR count). The molecule has 0 aromatic carbocycles. The van der Waals surface area contributed by atoms with Crippen molar-refractivity contribution in [3.8, 4) is 0 Å². The highest BCUT2D eigenvalue weighted by molar-refractivity contribution is 8.76. The summed E-state index contributed by atoms with van der Waals surface area (Å²) in [4.78, 5) is 51.6. The Balaban J connectivity index is 2.45. The van der Waals surface area contributed by atoms with Crippen molar-refractivity contribution in [2.75, 3.05) is 23.5 Å². The Kier molecular flexibility index (Phi) is 12.6. The van der Waals surface area contributed by atoms with Crippen molar-refractivity contribution < 1.29 is 29.0 Å². The van der Waals surface area contributed by atoms with Gasteiger partial charge in [0.25, 0.3) is 0 Å². The van der Waals surface area contributed by atoms with E-state index < -0.39 is 54.0 Å². The monoisotopic (exact) mass is 533 g/mol. The summed E-state index contributed by atoms with van der Waals surface area (Å²) in [5.74, 6) is -0.440. The summed E-state index contributed by atoms with van der Waals surface area (Å²) in [7, 11) is 3.04. The molecule has 0 aromatic rings. The van der Waals surface area contributed by atoms with Crippen LogP contribution in [0.4, 0.5) is 0 Å². The molecule has 0 saturated carbocycles. The summed E-state index contributed by atoms with van der Waals surface area (Å²) in [5, 5.41) is 19.1. The molecule has 2 bridgehead atoms. The lowest BCUT2D eigenvalue weighted by molar-refractivity contribution is -0.151. The van der Waals surface area contributed by atoms with E-state index >= 15 is 0 Å². The normalized spacial score (nSPS) is 31.3. The number of aliphatic hydroxyl groups is 1. The lowest BCUT2D eigenvalue weighted by Gasteiger charge is -2.29. The first-order chi connectivity index (χ1) is 16.2. The average Bonchev–Trinajstić information content (AvgIpc) is 2.77. The van der Waals surface area contributed by atoms with E-state index in [1.807, 2.05) is 26.2 Å². The molecule has 0 aromatic heterocycles. The second-order valence-electron chi connectivity index (χ2n) is 8.57. The van der Waals surface area contributed by atoms with Crippen LogP contribution >= 0.6 is 33.3 Å². The summed E-state index contributed by atoms with van der Waals surface area (Å²) in [6.07, 6.45) is 4.05. The van der Waals surface area contributed by atoms with Gasteiger partial charge in [0.05, 0.1) is 25.0 Å². The van der Waals surface area contributed by atoms with Crippen molar-refractivity contribution >= 4 is 57.0 Å². The van der Waals surface area contributed by atoms with Crippen molar-refractivity contribution in [1.82, 2.24) is 16.0 Å². The van der Waals surface area contributed by atoms with Gasteiger partial charge in [-0.2, -0.15) is 11.8 Å². The topological polar surface area (TPSA) is 134 Å². The van der Waals surface area contributed by atoms with E-state index in [-0.39, 0.29) is 18.8 Å². The predicted octanol–water partition coefficient (Wildman–Crippen LogP) is 1.26. The van der Waals surface area contributed by atoms with Crippen LogP contribution in [-0.2, 0) is 23.9 Å². The second-order valence-corrected chi connectivity index (χ2v) is 12.2. The molecule has 1 saturated heterocycles. The maximum atomic E-state index is 13.2. The first-order valence-electron chi connectivity index (χ1n) is 11.4. The van der Waals surface area contributed by atoms with Crippen LogP contribution in [-0.4, -0.2) is 82.6 Å². The Labute approximate surface area is 213 Å². The number of carbonyl (C=O) groups excluding carboxylic acids is 4. The minimum absolute atomic E-state index is 0.141. The van der Waals surface area contributed by atoms with E-state index in [1.54, 1.807) is 28.6 Å². The molecule has 1 fully saturated rings. The summed E-state index contributed by atoms with van der Waals surface area (Å²) < 4.78 is 5.50. The highest BCUT2D eigenvalue weighted by Gasteiger charge is 2.33. The molecule has 0 radical (unpaired) electrons. The lowest BCUT2D eigenvalue weighted by atomic mass is 9.96. The minimum Gasteiger partial charge on any atom is -0.457 e. The van der Waals surface area contributed by atoms with Crippen LogP contribution in [0.1, 0.15) is 39.5 Å². The first-order valence-corrected chi connectivity index (χ1v) is 15.3. The molecule has 0 spiro atoms. The van der Waals surface area contributed by atoms with Gasteiger partial charge in [0.15, 0.2) is 0 Å². The Hall–Kier alpha value is -1.37. The molecule has 4 N–H and O–H groups in total. The third kappa shape index (κ3) is 9.71. The highest BCUT2D eigenvalue weighted by atomic mass is 33.1. The molecule has 5 atom stereocenters. The van der Waals surface area contributed by atoms with Gasteiger partial charge in [0.1, 0.15) is 18.2 Å². The maximum absolute atomic E-state index is 13.2. The molecule has 12 heteroatoms. The van der Waals surface area contributed by atoms with Gasteiger partial charge < -0.3 is 25.8 Å². The van der Waals surface area contributed by atoms with Crippen LogP contribution in [0, 0.1) is 5.92 Å². The van der Waals surface area contributed by atoms with Gasteiger partial charge >= 0.3 is 5.97 Å². The number of carbonyl (C=O) groups is 4. The molecular formula is C22H35N3O6S3. The number of amides is 3. The summed E-state index contributed by atoms with van der Waals surface area (Å²) in [5.41, 5.74) is 0. The number of aliphatic hydroxyl groups excluding tert-OH is 1. The minimum atomic E-state index is -1.18. The fourth-order valence-electron chi connectivity index (χ4n) is 3.57. The number of rotatable bonds is 4. The van der Waals surface area contributed by atoms with E-state index in [1.165, 1.54) is 10.8 Å². The van der Waals surface area contributed by atoms with Gasteiger partial charge in [0.2, 0.25) is 17.7 Å². The van der Waals surface area contributed by atoms with E-state index in [0.29, 0.717) is 24.3 Å². The number of hydrogen-bond acceptors (Lipinski definition) is 9. The van der Waals surface area contributed by atoms with Crippen molar-refractivity contribution in [2.24, 2.45) is 5.92 Å². The fourth-order valence-corrected chi connectivity index (χ4v) is 6.20. The van der Waals surface area contributed by atoms with E-state index in [2.05, 4.69) is 16.0 Å². The van der Waals surface area contributed by atoms with Crippen molar-refractivity contribution in [3.05, 3.63) is 12.2 Å². The summed E-state index contributed by atoms with van der Waals surface area (Å²) in [6, 6.07) is -2.40. The second kappa shape index (κ2) is 14.9. The van der Waals surface area contributed by atoms with Gasteiger partial charge in [-0.25, -0.2) is 0 Å². The molecule has 34 heavy (non-hydrogen) atoms. The Morgan fingerprint density at radius 2 is 1.88 bits per heavy atom. The maximum Gasteiger partial charge on any atom is 0.309 e. The third-order valence-corrected chi connectivity index (χ3v) is 8.51. The fraction of sp³-hybridized carbons (Fsp3) is 0.727. The largest absolute Gasteiger partial charge is 0.457 e. The molecular weight excluding hydrogens is 498 g/mol.